The van der Waals surface area contributed by atoms with Crippen molar-refractivity contribution in [1.82, 2.24) is 18.9 Å². The molecule has 3 N–H and O–H groups in total. The Morgan fingerprint density at radius 2 is 1.77 bits per heavy atom. The minimum atomic E-state index is -4.26. The first kappa shape index (κ1) is 22.6. The van der Waals surface area contributed by atoms with Crippen LogP contribution in [-0.4, -0.2) is 37.3 Å². The summed E-state index contributed by atoms with van der Waals surface area (Å²) in [5.41, 5.74) is -0.370. The molecule has 14 heteroatoms. The molecule has 0 aliphatic carbocycles. The van der Waals surface area contributed by atoms with Gasteiger partial charge in [0.1, 0.15) is 21.6 Å². The number of sulfonamides is 2. The van der Waals surface area contributed by atoms with Crippen LogP contribution in [0, 0.1) is 0 Å². The van der Waals surface area contributed by atoms with Crippen LogP contribution in [0.3, 0.4) is 0 Å². The minimum absolute atomic E-state index is 0.0366. The number of fused-ring (bicyclic) bond motifs is 2. The normalized spacial score (nSPS) is 16.3. The second kappa shape index (κ2) is 7.95. The van der Waals surface area contributed by atoms with Gasteiger partial charge in [-0.2, -0.15) is 9.61 Å². The summed E-state index contributed by atoms with van der Waals surface area (Å²) in [6, 6.07) is 14.4. The van der Waals surface area contributed by atoms with E-state index in [-0.39, 0.29) is 34.3 Å². The van der Waals surface area contributed by atoms with Crippen molar-refractivity contribution in [1.29, 1.82) is 0 Å². The van der Waals surface area contributed by atoms with Gasteiger partial charge in [-0.25, -0.2) is 16.8 Å². The Bertz CT molecular complexity index is 1880. The Hall–Kier alpha value is -4.17. The number of rotatable bonds is 4. The molecule has 2 aromatic heterocycles. The zero-order chi connectivity index (χ0) is 25.0. The molecule has 0 bridgehead atoms. The maximum absolute atomic E-state index is 13.5. The summed E-state index contributed by atoms with van der Waals surface area (Å²) in [5.74, 6) is -0.324. The Labute approximate surface area is 198 Å². The third-order valence-corrected chi connectivity index (χ3v) is 7.26. The molecular weight excluding hydrogens is 496 g/mol. The predicted molar refractivity (Wildman–Crippen MR) is 129 cm³/mol. The molecular formula is C21H18N6O6S2. The van der Waals surface area contributed by atoms with Crippen LogP contribution in [0.5, 0.6) is 0 Å². The highest BCUT2D eigenvalue weighted by Gasteiger charge is 2.28. The van der Waals surface area contributed by atoms with Gasteiger partial charge in [0.05, 0.1) is 24.7 Å². The van der Waals surface area contributed by atoms with E-state index in [1.165, 1.54) is 29.0 Å². The smallest absolute Gasteiger partial charge is 0.289 e. The van der Waals surface area contributed by atoms with Gasteiger partial charge in [-0.05, 0) is 23.8 Å². The van der Waals surface area contributed by atoms with E-state index < -0.39 is 36.4 Å². The summed E-state index contributed by atoms with van der Waals surface area (Å²) in [5, 5.41) is 6.35. The monoisotopic (exact) mass is 514 g/mol. The third kappa shape index (κ3) is 4.13. The van der Waals surface area contributed by atoms with Crippen LogP contribution in [0.2, 0.25) is 0 Å². The summed E-state index contributed by atoms with van der Waals surface area (Å²) in [4.78, 5) is 26.4. The fraction of sp³-hybridized carbons (Fsp3) is 0.0952. The van der Waals surface area contributed by atoms with Crippen molar-refractivity contribution in [2.45, 2.75) is 11.4 Å². The van der Waals surface area contributed by atoms with Crippen molar-refractivity contribution in [3.63, 3.8) is 0 Å². The van der Waals surface area contributed by atoms with E-state index in [1.807, 2.05) is 30.3 Å². The number of aromatic nitrogens is 3. The van der Waals surface area contributed by atoms with Crippen LogP contribution >= 0.6 is 0 Å². The second-order valence-electron chi connectivity index (χ2n) is 7.85. The molecule has 12 nitrogen and oxygen atoms in total. The van der Waals surface area contributed by atoms with Crippen molar-refractivity contribution in [2.24, 2.45) is 0 Å². The summed E-state index contributed by atoms with van der Waals surface area (Å²) in [6.45, 7) is 0.124. The molecule has 0 amide bonds. The van der Waals surface area contributed by atoms with E-state index in [0.29, 0.717) is 0 Å². The number of hydrogen-bond donors (Lipinski definition) is 3. The largest absolute Gasteiger partial charge is 0.339 e. The van der Waals surface area contributed by atoms with Gasteiger partial charge < -0.3 is 5.32 Å². The highest BCUT2D eigenvalue weighted by atomic mass is 32.2. The van der Waals surface area contributed by atoms with Gasteiger partial charge in [0.15, 0.2) is 0 Å². The van der Waals surface area contributed by atoms with Crippen molar-refractivity contribution in [3.05, 3.63) is 92.3 Å². The maximum Gasteiger partial charge on any atom is 0.289 e. The molecule has 35 heavy (non-hydrogen) atoms. The van der Waals surface area contributed by atoms with E-state index in [2.05, 4.69) is 19.9 Å². The molecule has 0 saturated carbocycles. The lowest BCUT2D eigenvalue weighted by atomic mass is 10.2. The molecule has 0 fully saturated rings. The Morgan fingerprint density at radius 1 is 1.03 bits per heavy atom. The molecule has 180 valence electrons. The first-order valence-corrected chi connectivity index (χ1v) is 13.5. The number of nitrogens with one attached hydrogen (secondary N) is 3. The topological polar surface area (TPSA) is 161 Å². The van der Waals surface area contributed by atoms with Crippen LogP contribution in [0.25, 0.3) is 11.5 Å². The van der Waals surface area contributed by atoms with Gasteiger partial charge in [-0.15, -0.1) is 0 Å². The molecule has 0 spiro atoms. The second-order valence-corrected chi connectivity index (χ2v) is 11.2. The first-order chi connectivity index (χ1) is 16.5. The molecule has 0 saturated heterocycles. The molecule has 1 aliphatic heterocycles. The van der Waals surface area contributed by atoms with E-state index in [0.717, 1.165) is 22.4 Å². The van der Waals surface area contributed by atoms with Gasteiger partial charge in [-0.3, -0.25) is 23.6 Å². The molecule has 4 aromatic rings. The summed E-state index contributed by atoms with van der Waals surface area (Å²) < 4.78 is 55.8. The molecule has 0 atom stereocenters. The molecule has 5 rings (SSSR count). The van der Waals surface area contributed by atoms with E-state index >= 15 is 0 Å². The van der Waals surface area contributed by atoms with E-state index in [1.54, 1.807) is 0 Å². The quantitative estimate of drug-likeness (QED) is 0.327. The van der Waals surface area contributed by atoms with Crippen LogP contribution in [-0.2, 0) is 26.6 Å². The zero-order valence-corrected chi connectivity index (χ0v) is 19.7. The van der Waals surface area contributed by atoms with Crippen LogP contribution in [0.4, 0.5) is 11.4 Å². The van der Waals surface area contributed by atoms with Crippen LogP contribution in [0.1, 0.15) is 5.56 Å². The van der Waals surface area contributed by atoms with Gasteiger partial charge in [0, 0.05) is 11.8 Å². The Kier molecular flexibility index (Phi) is 5.14. The van der Waals surface area contributed by atoms with E-state index in [4.69, 9.17) is 0 Å². The average molecular weight is 515 g/mol. The Morgan fingerprint density at radius 3 is 2.49 bits per heavy atom. The van der Waals surface area contributed by atoms with Crippen LogP contribution < -0.4 is 31.1 Å². The lowest BCUT2D eigenvalue weighted by Crippen LogP contribution is -2.53. The van der Waals surface area contributed by atoms with Crippen molar-refractivity contribution in [3.8, 4) is 0 Å². The fourth-order valence-electron chi connectivity index (χ4n) is 3.81. The summed E-state index contributed by atoms with van der Waals surface area (Å²) in [7, 11) is -7.90. The van der Waals surface area contributed by atoms with Crippen molar-refractivity contribution < 1.29 is 16.8 Å². The number of hydrogen-bond acceptors (Lipinski definition) is 8. The fourth-order valence-corrected chi connectivity index (χ4v) is 5.59. The molecule has 3 heterocycles. The average Bonchev–Trinajstić information content (AvgIpc) is 3.27. The summed E-state index contributed by atoms with van der Waals surface area (Å²) >= 11 is 0. The van der Waals surface area contributed by atoms with Gasteiger partial charge >= 0.3 is 0 Å². The number of nitrogens with zero attached hydrogens (tertiary/aromatic N) is 3. The van der Waals surface area contributed by atoms with Crippen molar-refractivity contribution in [2.75, 3.05) is 16.3 Å². The lowest BCUT2D eigenvalue weighted by Gasteiger charge is -2.23. The lowest BCUT2D eigenvalue weighted by molar-refractivity contribution is 0.589. The minimum Gasteiger partial charge on any atom is -0.339 e. The maximum atomic E-state index is 13.5. The van der Waals surface area contributed by atoms with Crippen molar-refractivity contribution >= 4 is 42.9 Å². The molecule has 1 aliphatic rings. The number of anilines is 2. The summed E-state index contributed by atoms with van der Waals surface area (Å²) in [6.07, 6.45) is 2.31. The third-order valence-electron chi connectivity index (χ3n) is 5.27. The first-order valence-electron chi connectivity index (χ1n) is 10.1. The predicted octanol–water partition coefficient (Wildman–Crippen LogP) is -0.535. The zero-order valence-electron chi connectivity index (χ0n) is 18.1. The van der Waals surface area contributed by atoms with Gasteiger partial charge in [0.25, 0.3) is 21.1 Å². The molecule has 0 radical (unpaired) electrons. The number of benzene rings is 2. The Balaban J connectivity index is 1.73. The molecule has 0 unspecified atom stereocenters. The standard InChI is InChI=1S/C21H18N6O6S2/c1-34(30,31)24-14-7-8-15-16(11-14)35(32,33)25-19(23-15)18-20(28)26(12-13-5-3-2-4-6-13)17-9-10-22-27(17)21(18)29/h2-11,23-25H,12H2,1H3. The highest BCUT2D eigenvalue weighted by Crippen LogP contribution is 2.30. The van der Waals surface area contributed by atoms with Gasteiger partial charge in [0.2, 0.25) is 10.0 Å². The van der Waals surface area contributed by atoms with E-state index in [9.17, 15) is 26.4 Å². The highest BCUT2D eigenvalue weighted by molar-refractivity contribution is 7.92. The molecule has 2 aromatic carbocycles. The SMILES string of the molecule is CS(=O)(=O)Nc1ccc2c(c1)S(=O)(=O)NC(=c1c(=O)n(Cc3ccccc3)c3ccnn3c1=O)N2. The van der Waals surface area contributed by atoms with Gasteiger partial charge in [-0.1, -0.05) is 30.3 Å². The van der Waals surface area contributed by atoms with Crippen LogP contribution in [0.15, 0.2) is 75.3 Å².